The van der Waals surface area contributed by atoms with E-state index < -0.39 is 0 Å². The lowest BCUT2D eigenvalue weighted by Crippen LogP contribution is -2.34. The van der Waals surface area contributed by atoms with Crippen LogP contribution in [0.1, 0.15) is 28.4 Å². The number of amides is 1. The van der Waals surface area contributed by atoms with Gasteiger partial charge in [0.05, 0.1) is 11.1 Å². The van der Waals surface area contributed by atoms with E-state index in [9.17, 15) is 4.79 Å². The van der Waals surface area contributed by atoms with Crippen LogP contribution in [0.15, 0.2) is 40.9 Å². The molecule has 2 rings (SSSR count). The third kappa shape index (κ3) is 4.55. The standard InChI is InChI=1S/C18H19BrN2O2S/c1-4-23-15-9-8-13(10-14(15)19)17(22)21-18(24)20-16-11(2)6-5-7-12(16)3/h5-10H,4H2,1-3H3,(H2,20,21,22,24). The molecule has 0 aliphatic carbocycles. The topological polar surface area (TPSA) is 50.4 Å². The Hall–Kier alpha value is -1.92. The second kappa shape index (κ2) is 8.26. The van der Waals surface area contributed by atoms with Gasteiger partial charge in [-0.25, -0.2) is 0 Å². The summed E-state index contributed by atoms with van der Waals surface area (Å²) < 4.78 is 6.17. The third-order valence-electron chi connectivity index (χ3n) is 3.44. The average molecular weight is 407 g/mol. The van der Waals surface area contributed by atoms with Crippen molar-refractivity contribution in [2.75, 3.05) is 11.9 Å². The molecule has 0 heterocycles. The Morgan fingerprint density at radius 2 is 1.88 bits per heavy atom. The van der Waals surface area contributed by atoms with Crippen molar-refractivity contribution in [2.45, 2.75) is 20.8 Å². The molecule has 4 nitrogen and oxygen atoms in total. The van der Waals surface area contributed by atoms with E-state index in [0.29, 0.717) is 17.9 Å². The molecular weight excluding hydrogens is 388 g/mol. The number of rotatable bonds is 4. The Labute approximate surface area is 155 Å². The van der Waals surface area contributed by atoms with Crippen LogP contribution in [0.25, 0.3) is 0 Å². The van der Waals surface area contributed by atoms with Gasteiger partial charge in [-0.1, -0.05) is 18.2 Å². The number of thiocarbonyl (C=S) groups is 1. The molecule has 24 heavy (non-hydrogen) atoms. The molecule has 2 N–H and O–H groups in total. The molecule has 0 unspecified atom stereocenters. The summed E-state index contributed by atoms with van der Waals surface area (Å²) in [5, 5.41) is 6.05. The van der Waals surface area contributed by atoms with Crippen molar-refractivity contribution < 1.29 is 9.53 Å². The Morgan fingerprint density at radius 3 is 2.46 bits per heavy atom. The molecule has 0 fully saturated rings. The van der Waals surface area contributed by atoms with Crippen molar-refractivity contribution >= 4 is 44.9 Å². The molecular formula is C18H19BrN2O2S. The normalized spacial score (nSPS) is 10.2. The molecule has 0 aromatic heterocycles. The fourth-order valence-electron chi connectivity index (χ4n) is 2.25. The first-order valence-electron chi connectivity index (χ1n) is 7.53. The predicted octanol–water partition coefficient (Wildman–Crippen LogP) is 4.59. The minimum Gasteiger partial charge on any atom is -0.493 e. The van der Waals surface area contributed by atoms with Crippen LogP contribution in [0.3, 0.4) is 0 Å². The maximum Gasteiger partial charge on any atom is 0.257 e. The summed E-state index contributed by atoms with van der Waals surface area (Å²) in [5.41, 5.74) is 3.54. The molecule has 2 aromatic rings. The fourth-order valence-corrected chi connectivity index (χ4v) is 2.93. The Kier molecular flexibility index (Phi) is 6.34. The van der Waals surface area contributed by atoms with Gasteiger partial charge in [-0.05, 0) is 78.2 Å². The number of nitrogens with one attached hydrogen (secondary N) is 2. The van der Waals surface area contributed by atoms with Crippen LogP contribution in [0.5, 0.6) is 5.75 Å². The van der Waals surface area contributed by atoms with Gasteiger partial charge in [0.1, 0.15) is 5.75 Å². The van der Waals surface area contributed by atoms with Crippen molar-refractivity contribution in [3.8, 4) is 5.75 Å². The zero-order valence-electron chi connectivity index (χ0n) is 13.8. The number of hydrogen-bond donors (Lipinski definition) is 2. The number of benzene rings is 2. The van der Waals surface area contributed by atoms with Gasteiger partial charge in [0.2, 0.25) is 0 Å². The van der Waals surface area contributed by atoms with E-state index >= 15 is 0 Å². The molecule has 126 valence electrons. The number of hydrogen-bond acceptors (Lipinski definition) is 3. The van der Waals surface area contributed by atoms with Gasteiger partial charge < -0.3 is 10.1 Å². The largest absolute Gasteiger partial charge is 0.493 e. The molecule has 0 spiro atoms. The van der Waals surface area contributed by atoms with E-state index in [2.05, 4.69) is 26.6 Å². The summed E-state index contributed by atoms with van der Waals surface area (Å²) in [6.07, 6.45) is 0. The number of para-hydroxylation sites is 1. The number of halogens is 1. The van der Waals surface area contributed by atoms with Crippen molar-refractivity contribution in [3.05, 3.63) is 57.6 Å². The molecule has 6 heteroatoms. The molecule has 0 bridgehead atoms. The molecule has 0 aliphatic rings. The van der Waals surface area contributed by atoms with Crippen molar-refractivity contribution in [1.82, 2.24) is 5.32 Å². The smallest absolute Gasteiger partial charge is 0.257 e. The van der Waals surface area contributed by atoms with E-state index in [1.807, 2.05) is 39.0 Å². The van der Waals surface area contributed by atoms with Crippen LogP contribution in [0, 0.1) is 13.8 Å². The Balaban J connectivity index is 2.06. The summed E-state index contributed by atoms with van der Waals surface area (Å²) in [6, 6.07) is 11.1. The zero-order chi connectivity index (χ0) is 17.7. The maximum absolute atomic E-state index is 12.3. The average Bonchev–Trinajstić information content (AvgIpc) is 2.53. The molecule has 0 aliphatic heterocycles. The van der Waals surface area contributed by atoms with Crippen LogP contribution in [0.2, 0.25) is 0 Å². The van der Waals surface area contributed by atoms with E-state index in [4.69, 9.17) is 17.0 Å². The molecule has 1 amide bonds. The van der Waals surface area contributed by atoms with Gasteiger partial charge in [0, 0.05) is 11.3 Å². The molecule has 0 saturated carbocycles. The van der Waals surface area contributed by atoms with E-state index in [1.165, 1.54) is 0 Å². The lowest BCUT2D eigenvalue weighted by atomic mass is 10.1. The van der Waals surface area contributed by atoms with E-state index in [1.54, 1.807) is 18.2 Å². The predicted molar refractivity (Wildman–Crippen MR) is 105 cm³/mol. The highest BCUT2D eigenvalue weighted by atomic mass is 79.9. The minimum atomic E-state index is -0.275. The van der Waals surface area contributed by atoms with Crippen LogP contribution < -0.4 is 15.4 Å². The highest BCUT2D eigenvalue weighted by molar-refractivity contribution is 9.10. The monoisotopic (exact) mass is 406 g/mol. The molecule has 0 radical (unpaired) electrons. The minimum absolute atomic E-state index is 0.266. The second-order valence-electron chi connectivity index (χ2n) is 5.25. The van der Waals surface area contributed by atoms with Crippen molar-refractivity contribution in [3.63, 3.8) is 0 Å². The number of anilines is 1. The van der Waals surface area contributed by atoms with Crippen LogP contribution in [-0.4, -0.2) is 17.6 Å². The van der Waals surface area contributed by atoms with Gasteiger partial charge >= 0.3 is 0 Å². The van der Waals surface area contributed by atoms with Crippen LogP contribution in [-0.2, 0) is 0 Å². The lowest BCUT2D eigenvalue weighted by Gasteiger charge is -2.14. The number of carbonyl (C=O) groups is 1. The van der Waals surface area contributed by atoms with Crippen molar-refractivity contribution in [1.29, 1.82) is 0 Å². The van der Waals surface area contributed by atoms with Crippen LogP contribution >= 0.6 is 28.1 Å². The maximum atomic E-state index is 12.3. The molecule has 0 atom stereocenters. The molecule has 2 aromatic carbocycles. The Morgan fingerprint density at radius 1 is 1.21 bits per heavy atom. The fraction of sp³-hybridized carbons (Fsp3) is 0.222. The van der Waals surface area contributed by atoms with Gasteiger partial charge in [0.15, 0.2) is 5.11 Å². The van der Waals surface area contributed by atoms with Crippen LogP contribution in [0.4, 0.5) is 5.69 Å². The van der Waals surface area contributed by atoms with E-state index in [-0.39, 0.29) is 11.0 Å². The van der Waals surface area contributed by atoms with Gasteiger partial charge in [0.25, 0.3) is 5.91 Å². The van der Waals surface area contributed by atoms with Gasteiger partial charge in [-0.2, -0.15) is 0 Å². The number of ether oxygens (including phenoxy) is 1. The Bertz CT molecular complexity index is 757. The highest BCUT2D eigenvalue weighted by Gasteiger charge is 2.12. The summed E-state index contributed by atoms with van der Waals surface area (Å²) in [4.78, 5) is 12.3. The number of carbonyl (C=O) groups excluding carboxylic acids is 1. The quantitative estimate of drug-likeness (QED) is 0.728. The summed E-state index contributed by atoms with van der Waals surface area (Å²) in [5.74, 6) is 0.424. The second-order valence-corrected chi connectivity index (χ2v) is 6.52. The van der Waals surface area contributed by atoms with Crippen molar-refractivity contribution in [2.24, 2.45) is 0 Å². The first-order valence-corrected chi connectivity index (χ1v) is 8.73. The van der Waals surface area contributed by atoms with E-state index in [0.717, 1.165) is 21.3 Å². The summed E-state index contributed by atoms with van der Waals surface area (Å²) >= 11 is 8.65. The third-order valence-corrected chi connectivity index (χ3v) is 4.26. The number of aryl methyl sites for hydroxylation is 2. The zero-order valence-corrected chi connectivity index (χ0v) is 16.2. The molecule has 0 saturated heterocycles. The van der Waals surface area contributed by atoms with Gasteiger partial charge in [-0.3, -0.25) is 10.1 Å². The van der Waals surface area contributed by atoms with Gasteiger partial charge in [-0.15, -0.1) is 0 Å². The lowest BCUT2D eigenvalue weighted by molar-refractivity contribution is 0.0977. The SMILES string of the molecule is CCOc1ccc(C(=O)NC(=S)Nc2c(C)cccc2C)cc1Br. The summed E-state index contributed by atoms with van der Waals surface area (Å²) in [6.45, 7) is 6.45. The summed E-state index contributed by atoms with van der Waals surface area (Å²) in [7, 11) is 0. The first kappa shape index (κ1) is 18.4. The highest BCUT2D eigenvalue weighted by Crippen LogP contribution is 2.26. The first-order chi connectivity index (χ1) is 11.4.